The zero-order valence-corrected chi connectivity index (χ0v) is 10.8. The van der Waals surface area contributed by atoms with Gasteiger partial charge in [0, 0.05) is 13.1 Å². The summed E-state index contributed by atoms with van der Waals surface area (Å²) in [6, 6.07) is 0. The third kappa shape index (κ3) is 3.45. The molecule has 4 heteroatoms. The number of carbonyl (C=O) groups is 2. The summed E-state index contributed by atoms with van der Waals surface area (Å²) in [5.41, 5.74) is 0. The van der Waals surface area contributed by atoms with Gasteiger partial charge in [-0.3, -0.25) is 9.59 Å². The summed E-state index contributed by atoms with van der Waals surface area (Å²) < 4.78 is 0. The average molecular weight is 241 g/mol. The predicted molar refractivity (Wildman–Crippen MR) is 65.6 cm³/mol. The SMILES string of the molecule is CCCN(CCC)C(=O)[C@@H]1CCC[C@@H]1C(=O)O. The van der Waals surface area contributed by atoms with E-state index in [1.54, 1.807) is 0 Å². The summed E-state index contributed by atoms with van der Waals surface area (Å²) in [5, 5.41) is 9.10. The van der Waals surface area contributed by atoms with Crippen molar-refractivity contribution in [2.24, 2.45) is 11.8 Å². The minimum Gasteiger partial charge on any atom is -0.481 e. The number of carboxylic acids is 1. The summed E-state index contributed by atoms with van der Waals surface area (Å²) in [7, 11) is 0. The van der Waals surface area contributed by atoms with Crippen molar-refractivity contribution in [3.05, 3.63) is 0 Å². The lowest BCUT2D eigenvalue weighted by atomic mass is 9.94. The molecular weight excluding hydrogens is 218 g/mol. The molecule has 0 aliphatic heterocycles. The molecule has 0 radical (unpaired) electrons. The Morgan fingerprint density at radius 3 is 2.12 bits per heavy atom. The average Bonchev–Trinajstić information content (AvgIpc) is 2.76. The van der Waals surface area contributed by atoms with Gasteiger partial charge >= 0.3 is 5.97 Å². The van der Waals surface area contributed by atoms with Crippen molar-refractivity contribution in [3.63, 3.8) is 0 Å². The Balaban J connectivity index is 2.68. The van der Waals surface area contributed by atoms with E-state index in [1.807, 2.05) is 18.7 Å². The number of hydrogen-bond donors (Lipinski definition) is 1. The van der Waals surface area contributed by atoms with Crippen LogP contribution in [0.3, 0.4) is 0 Å². The second kappa shape index (κ2) is 6.62. The maximum Gasteiger partial charge on any atom is 0.307 e. The number of carboxylic acid groups (broad SMARTS) is 1. The Morgan fingerprint density at radius 2 is 1.65 bits per heavy atom. The smallest absolute Gasteiger partial charge is 0.307 e. The monoisotopic (exact) mass is 241 g/mol. The van der Waals surface area contributed by atoms with E-state index >= 15 is 0 Å². The van der Waals surface area contributed by atoms with Crippen molar-refractivity contribution < 1.29 is 14.7 Å². The van der Waals surface area contributed by atoms with E-state index < -0.39 is 11.9 Å². The van der Waals surface area contributed by atoms with Crippen LogP contribution in [0.4, 0.5) is 0 Å². The van der Waals surface area contributed by atoms with E-state index in [0.717, 1.165) is 38.8 Å². The molecule has 1 fully saturated rings. The maximum atomic E-state index is 12.3. The highest BCUT2D eigenvalue weighted by Crippen LogP contribution is 2.33. The van der Waals surface area contributed by atoms with Gasteiger partial charge in [-0.1, -0.05) is 20.3 Å². The van der Waals surface area contributed by atoms with E-state index in [2.05, 4.69) is 0 Å². The highest BCUT2D eigenvalue weighted by atomic mass is 16.4. The first-order valence-corrected chi connectivity index (χ1v) is 6.63. The lowest BCUT2D eigenvalue weighted by Crippen LogP contribution is -2.40. The minimum atomic E-state index is -0.811. The summed E-state index contributed by atoms with van der Waals surface area (Å²) in [6.45, 7) is 5.57. The van der Waals surface area contributed by atoms with Crippen LogP contribution in [0.1, 0.15) is 46.0 Å². The number of rotatable bonds is 6. The van der Waals surface area contributed by atoms with Gasteiger partial charge in [0.15, 0.2) is 0 Å². The number of amides is 1. The number of hydrogen-bond acceptors (Lipinski definition) is 2. The molecule has 2 atom stereocenters. The molecule has 17 heavy (non-hydrogen) atoms. The van der Waals surface area contributed by atoms with Gasteiger partial charge < -0.3 is 10.0 Å². The zero-order chi connectivity index (χ0) is 12.8. The number of aliphatic carboxylic acids is 1. The van der Waals surface area contributed by atoms with Crippen LogP contribution >= 0.6 is 0 Å². The molecule has 1 amide bonds. The molecule has 98 valence electrons. The molecule has 0 bridgehead atoms. The Morgan fingerprint density at radius 1 is 1.12 bits per heavy atom. The van der Waals surface area contributed by atoms with Gasteiger partial charge in [0.1, 0.15) is 0 Å². The van der Waals surface area contributed by atoms with E-state index in [9.17, 15) is 9.59 Å². The van der Waals surface area contributed by atoms with Gasteiger partial charge in [0.25, 0.3) is 0 Å². The maximum absolute atomic E-state index is 12.3. The molecule has 1 aliphatic carbocycles. The van der Waals surface area contributed by atoms with Crippen LogP contribution in [0.2, 0.25) is 0 Å². The number of carbonyl (C=O) groups excluding carboxylic acids is 1. The van der Waals surface area contributed by atoms with Crippen LogP contribution < -0.4 is 0 Å². The van der Waals surface area contributed by atoms with Crippen molar-refractivity contribution >= 4 is 11.9 Å². The molecule has 4 nitrogen and oxygen atoms in total. The van der Waals surface area contributed by atoms with Crippen LogP contribution in [0, 0.1) is 11.8 Å². The lowest BCUT2D eigenvalue weighted by Gasteiger charge is -2.26. The topological polar surface area (TPSA) is 57.6 Å². The summed E-state index contributed by atoms with van der Waals surface area (Å²) in [5.74, 6) is -1.50. The van der Waals surface area contributed by atoms with Crippen molar-refractivity contribution in [2.45, 2.75) is 46.0 Å². The fourth-order valence-corrected chi connectivity index (χ4v) is 2.66. The van der Waals surface area contributed by atoms with Crippen LogP contribution in [0.5, 0.6) is 0 Å². The normalized spacial score (nSPS) is 23.6. The zero-order valence-electron chi connectivity index (χ0n) is 10.8. The van der Waals surface area contributed by atoms with E-state index in [1.165, 1.54) is 0 Å². The van der Waals surface area contributed by atoms with Crippen LogP contribution in [-0.4, -0.2) is 35.0 Å². The van der Waals surface area contributed by atoms with E-state index in [4.69, 9.17) is 5.11 Å². The minimum absolute atomic E-state index is 0.0543. The van der Waals surface area contributed by atoms with Gasteiger partial charge in [0.2, 0.25) is 5.91 Å². The van der Waals surface area contributed by atoms with Gasteiger partial charge in [-0.15, -0.1) is 0 Å². The highest BCUT2D eigenvalue weighted by Gasteiger charge is 2.39. The molecule has 0 aromatic heterocycles. The first-order chi connectivity index (χ1) is 8.11. The van der Waals surface area contributed by atoms with Crippen molar-refractivity contribution in [1.82, 2.24) is 4.90 Å². The predicted octanol–water partition coefficient (Wildman–Crippen LogP) is 2.14. The quantitative estimate of drug-likeness (QED) is 0.775. The van der Waals surface area contributed by atoms with Crippen molar-refractivity contribution in [2.75, 3.05) is 13.1 Å². The highest BCUT2D eigenvalue weighted by molar-refractivity contribution is 5.85. The fourth-order valence-electron chi connectivity index (χ4n) is 2.66. The van der Waals surface area contributed by atoms with E-state index in [0.29, 0.717) is 6.42 Å². The molecule has 1 N–H and O–H groups in total. The molecule has 0 unspecified atom stereocenters. The van der Waals surface area contributed by atoms with Crippen LogP contribution in [-0.2, 0) is 9.59 Å². The molecule has 1 saturated carbocycles. The largest absolute Gasteiger partial charge is 0.481 e. The van der Waals surface area contributed by atoms with E-state index in [-0.39, 0.29) is 11.8 Å². The Labute approximate surface area is 103 Å². The summed E-state index contributed by atoms with van der Waals surface area (Å²) >= 11 is 0. The van der Waals surface area contributed by atoms with Crippen LogP contribution in [0.25, 0.3) is 0 Å². The molecule has 0 heterocycles. The van der Waals surface area contributed by atoms with Gasteiger partial charge in [-0.25, -0.2) is 0 Å². The fraction of sp³-hybridized carbons (Fsp3) is 0.846. The molecule has 0 aromatic carbocycles. The van der Waals surface area contributed by atoms with Gasteiger partial charge in [0.05, 0.1) is 11.8 Å². The van der Waals surface area contributed by atoms with Crippen molar-refractivity contribution in [3.8, 4) is 0 Å². The summed E-state index contributed by atoms with van der Waals surface area (Å²) in [6.07, 6.45) is 4.10. The molecule has 0 saturated heterocycles. The summed E-state index contributed by atoms with van der Waals surface area (Å²) in [4.78, 5) is 25.2. The Bertz CT molecular complexity index is 272. The Hall–Kier alpha value is -1.06. The number of nitrogens with zero attached hydrogens (tertiary/aromatic N) is 1. The molecule has 0 spiro atoms. The van der Waals surface area contributed by atoms with Crippen molar-refractivity contribution in [1.29, 1.82) is 0 Å². The first kappa shape index (κ1) is 14.0. The second-order valence-corrected chi connectivity index (χ2v) is 4.81. The third-order valence-electron chi connectivity index (χ3n) is 3.45. The third-order valence-corrected chi connectivity index (χ3v) is 3.45. The Kier molecular flexibility index (Phi) is 5.45. The first-order valence-electron chi connectivity index (χ1n) is 6.63. The lowest BCUT2D eigenvalue weighted by molar-refractivity contribution is -0.149. The molecule has 1 rings (SSSR count). The standard InChI is InChI=1S/C13H23NO3/c1-3-8-14(9-4-2)12(15)10-6-5-7-11(10)13(16)17/h10-11H,3-9H2,1-2H3,(H,16,17)/t10-,11+/m1/s1. The van der Waals surface area contributed by atoms with Gasteiger partial charge in [-0.2, -0.15) is 0 Å². The second-order valence-electron chi connectivity index (χ2n) is 4.81. The van der Waals surface area contributed by atoms with Crippen LogP contribution in [0.15, 0.2) is 0 Å². The van der Waals surface area contributed by atoms with Gasteiger partial charge in [-0.05, 0) is 25.7 Å². The molecule has 0 aromatic rings. The molecular formula is C13H23NO3. The molecule has 1 aliphatic rings.